The first-order valence-corrected chi connectivity index (χ1v) is 10.6. The van der Waals surface area contributed by atoms with Gasteiger partial charge in [-0.2, -0.15) is 0 Å². The fourth-order valence-corrected chi connectivity index (χ4v) is 4.08. The monoisotopic (exact) mass is 440 g/mol. The summed E-state index contributed by atoms with van der Waals surface area (Å²) < 4.78 is 24.3. The summed E-state index contributed by atoms with van der Waals surface area (Å²) in [7, 11) is 0. The molecule has 0 aromatic heterocycles. The molecular formula is C24H25FN2O5. The number of halogens is 1. The van der Waals surface area contributed by atoms with Crippen LogP contribution in [0.3, 0.4) is 0 Å². The van der Waals surface area contributed by atoms with Crippen molar-refractivity contribution < 1.29 is 28.2 Å². The molecule has 2 amide bonds. The van der Waals surface area contributed by atoms with Gasteiger partial charge in [-0.15, -0.1) is 0 Å². The highest BCUT2D eigenvalue weighted by atomic mass is 19.1. The van der Waals surface area contributed by atoms with E-state index in [9.17, 15) is 18.8 Å². The Labute approximate surface area is 185 Å². The van der Waals surface area contributed by atoms with Crippen LogP contribution in [0.5, 0.6) is 11.5 Å². The van der Waals surface area contributed by atoms with Crippen LogP contribution in [0.25, 0.3) is 0 Å². The van der Waals surface area contributed by atoms with Crippen LogP contribution in [0, 0.1) is 12.7 Å². The molecular weight excluding hydrogens is 415 g/mol. The number of rotatable bonds is 6. The van der Waals surface area contributed by atoms with Crippen molar-refractivity contribution in [3.8, 4) is 11.5 Å². The van der Waals surface area contributed by atoms with Crippen LogP contribution in [-0.2, 0) is 9.59 Å². The second kappa shape index (κ2) is 8.98. The molecule has 168 valence electrons. The van der Waals surface area contributed by atoms with Gasteiger partial charge in [0.2, 0.25) is 5.91 Å². The zero-order chi connectivity index (χ0) is 22.8. The highest BCUT2D eigenvalue weighted by molar-refractivity contribution is 6.05. The molecule has 2 heterocycles. The van der Waals surface area contributed by atoms with Crippen LogP contribution in [0.2, 0.25) is 0 Å². The first-order chi connectivity index (χ1) is 15.3. The quantitative estimate of drug-likeness (QED) is 0.645. The maximum absolute atomic E-state index is 13.3. The van der Waals surface area contributed by atoms with Gasteiger partial charge in [0.25, 0.3) is 5.91 Å². The predicted octanol–water partition coefficient (Wildman–Crippen LogP) is 3.13. The number of fused-ring (bicyclic) bond motifs is 1. The van der Waals surface area contributed by atoms with E-state index in [2.05, 4.69) is 0 Å². The van der Waals surface area contributed by atoms with Crippen LogP contribution < -0.4 is 14.4 Å². The van der Waals surface area contributed by atoms with Gasteiger partial charge in [-0.05, 0) is 68.7 Å². The minimum atomic E-state index is -0.702. The Bertz CT molecular complexity index is 1060. The standard InChI is InChI=1S/C24H25FN2O5/c1-15-11-18(25)6-8-21(15)31-13-20(28)17-5-7-22-19(12-17)27(23(29)14-32-22)16(2)24(30)26-9-3-4-10-26/h5-8,11-12,16H,3-4,9-10,13-14H2,1-2H3/t16-/m1/s1. The molecule has 4 rings (SSSR count). The number of ether oxygens (including phenoxy) is 2. The molecule has 7 nitrogen and oxygen atoms in total. The maximum atomic E-state index is 13.3. The van der Waals surface area contributed by atoms with E-state index in [-0.39, 0.29) is 36.6 Å². The van der Waals surface area contributed by atoms with Crippen molar-refractivity contribution in [3.05, 3.63) is 53.3 Å². The molecule has 2 aromatic carbocycles. The Hall–Kier alpha value is -3.42. The number of carbonyl (C=O) groups is 3. The third kappa shape index (κ3) is 4.30. The fraction of sp³-hybridized carbons (Fsp3) is 0.375. The Kier molecular flexibility index (Phi) is 6.12. The normalized spacial score (nSPS) is 16.4. The SMILES string of the molecule is Cc1cc(F)ccc1OCC(=O)c1ccc2c(c1)N([C@H](C)C(=O)N1CCCC1)C(=O)CO2. The number of benzene rings is 2. The summed E-state index contributed by atoms with van der Waals surface area (Å²) in [5.74, 6) is -0.276. The maximum Gasteiger partial charge on any atom is 0.265 e. The zero-order valence-corrected chi connectivity index (χ0v) is 18.1. The molecule has 32 heavy (non-hydrogen) atoms. The first kappa shape index (κ1) is 21.8. The second-order valence-electron chi connectivity index (χ2n) is 8.06. The van der Waals surface area contributed by atoms with Gasteiger partial charge in [0.05, 0.1) is 5.69 Å². The van der Waals surface area contributed by atoms with Gasteiger partial charge >= 0.3 is 0 Å². The lowest BCUT2D eigenvalue weighted by Gasteiger charge is -2.35. The topological polar surface area (TPSA) is 76.2 Å². The summed E-state index contributed by atoms with van der Waals surface area (Å²) >= 11 is 0. The molecule has 0 N–H and O–H groups in total. The van der Waals surface area contributed by atoms with E-state index in [1.54, 1.807) is 36.9 Å². The van der Waals surface area contributed by atoms with Gasteiger partial charge < -0.3 is 14.4 Å². The molecule has 0 saturated carbocycles. The Morgan fingerprint density at radius 3 is 2.62 bits per heavy atom. The van der Waals surface area contributed by atoms with E-state index >= 15 is 0 Å². The van der Waals surface area contributed by atoms with Crippen LogP contribution in [-0.4, -0.2) is 54.8 Å². The van der Waals surface area contributed by atoms with E-state index in [1.807, 2.05) is 0 Å². The van der Waals surface area contributed by atoms with Crippen molar-refractivity contribution in [2.75, 3.05) is 31.2 Å². The third-order valence-electron chi connectivity index (χ3n) is 5.82. The summed E-state index contributed by atoms with van der Waals surface area (Å²) in [6.07, 6.45) is 1.91. The highest BCUT2D eigenvalue weighted by Gasteiger charge is 2.36. The van der Waals surface area contributed by atoms with Crippen LogP contribution >= 0.6 is 0 Å². The predicted molar refractivity (Wildman–Crippen MR) is 116 cm³/mol. The molecule has 0 unspecified atom stereocenters. The van der Waals surface area contributed by atoms with Crippen molar-refractivity contribution in [1.82, 2.24) is 4.90 Å². The minimum absolute atomic E-state index is 0.115. The number of hydrogen-bond donors (Lipinski definition) is 0. The highest BCUT2D eigenvalue weighted by Crippen LogP contribution is 2.35. The molecule has 0 radical (unpaired) electrons. The lowest BCUT2D eigenvalue weighted by Crippen LogP contribution is -2.52. The number of ketones is 1. The minimum Gasteiger partial charge on any atom is -0.485 e. The summed E-state index contributed by atoms with van der Waals surface area (Å²) in [4.78, 5) is 41.5. The van der Waals surface area contributed by atoms with E-state index in [0.717, 1.165) is 12.8 Å². The fourth-order valence-electron chi connectivity index (χ4n) is 4.08. The number of hydrogen-bond acceptors (Lipinski definition) is 5. The summed E-state index contributed by atoms with van der Waals surface area (Å²) in [5, 5.41) is 0. The molecule has 1 saturated heterocycles. The lowest BCUT2D eigenvalue weighted by molar-refractivity contribution is -0.133. The zero-order valence-electron chi connectivity index (χ0n) is 18.1. The number of carbonyl (C=O) groups excluding carboxylic acids is 3. The summed E-state index contributed by atoms with van der Waals surface area (Å²) in [5.41, 5.74) is 1.31. The Morgan fingerprint density at radius 2 is 1.91 bits per heavy atom. The Morgan fingerprint density at radius 1 is 1.16 bits per heavy atom. The number of anilines is 1. The number of amides is 2. The van der Waals surface area contributed by atoms with E-state index in [0.29, 0.717) is 41.4 Å². The molecule has 1 atom stereocenters. The van der Waals surface area contributed by atoms with Crippen molar-refractivity contribution in [1.29, 1.82) is 0 Å². The van der Waals surface area contributed by atoms with Gasteiger partial charge in [0, 0.05) is 18.7 Å². The van der Waals surface area contributed by atoms with Crippen molar-refractivity contribution in [2.45, 2.75) is 32.7 Å². The van der Waals surface area contributed by atoms with Crippen molar-refractivity contribution in [2.24, 2.45) is 0 Å². The number of aryl methyl sites for hydroxylation is 1. The molecule has 2 aromatic rings. The smallest absolute Gasteiger partial charge is 0.265 e. The number of Topliss-reactive ketones (excluding diaryl/α,β-unsaturated/α-hetero) is 1. The average molecular weight is 440 g/mol. The van der Waals surface area contributed by atoms with E-state index in [1.165, 1.54) is 23.1 Å². The van der Waals surface area contributed by atoms with Crippen LogP contribution in [0.4, 0.5) is 10.1 Å². The van der Waals surface area contributed by atoms with Gasteiger partial charge in [0.1, 0.15) is 23.4 Å². The largest absolute Gasteiger partial charge is 0.485 e. The summed E-state index contributed by atoms with van der Waals surface area (Å²) in [6.45, 7) is 4.36. The molecule has 0 bridgehead atoms. The van der Waals surface area contributed by atoms with Gasteiger partial charge in [0.15, 0.2) is 19.0 Å². The number of likely N-dealkylation sites (tertiary alicyclic amines) is 1. The third-order valence-corrected chi connectivity index (χ3v) is 5.82. The molecule has 0 aliphatic carbocycles. The van der Waals surface area contributed by atoms with Crippen molar-refractivity contribution >= 4 is 23.3 Å². The van der Waals surface area contributed by atoms with Gasteiger partial charge in [-0.1, -0.05) is 0 Å². The van der Waals surface area contributed by atoms with Crippen LogP contribution in [0.1, 0.15) is 35.7 Å². The number of nitrogens with zero attached hydrogens (tertiary/aromatic N) is 2. The molecule has 0 spiro atoms. The molecule has 2 aliphatic rings. The van der Waals surface area contributed by atoms with Gasteiger partial charge in [-0.3, -0.25) is 19.3 Å². The van der Waals surface area contributed by atoms with Crippen molar-refractivity contribution in [3.63, 3.8) is 0 Å². The summed E-state index contributed by atoms with van der Waals surface area (Å²) in [6, 6.07) is 8.16. The lowest BCUT2D eigenvalue weighted by atomic mass is 10.1. The van der Waals surface area contributed by atoms with E-state index < -0.39 is 6.04 Å². The van der Waals surface area contributed by atoms with E-state index in [4.69, 9.17) is 9.47 Å². The second-order valence-corrected chi connectivity index (χ2v) is 8.06. The average Bonchev–Trinajstić information content (AvgIpc) is 3.32. The molecule has 2 aliphatic heterocycles. The molecule has 1 fully saturated rings. The van der Waals surface area contributed by atoms with Gasteiger partial charge in [-0.25, -0.2) is 4.39 Å². The molecule has 8 heteroatoms. The Balaban J connectivity index is 1.54. The van der Waals surface area contributed by atoms with Crippen LogP contribution in [0.15, 0.2) is 36.4 Å². The first-order valence-electron chi connectivity index (χ1n) is 10.6.